The molecule has 0 N–H and O–H groups in total. The topological polar surface area (TPSA) is 9.23 Å². The molecule has 0 aliphatic carbocycles. The molecule has 0 aliphatic rings. The standard InChI is InChI=1S/C15H12Br3ClO/c1-8-5-14(20-2)11(7-13(8)18)15(19)10-6-9(16)3-4-12(10)17/h3-7,15H,1-2H3. The van der Waals surface area contributed by atoms with Crippen LogP contribution in [0.3, 0.4) is 0 Å². The van der Waals surface area contributed by atoms with Crippen molar-refractivity contribution in [3.8, 4) is 5.75 Å². The molecule has 0 aromatic heterocycles. The second-order valence-electron chi connectivity index (χ2n) is 4.37. The molecule has 1 atom stereocenters. The summed E-state index contributed by atoms with van der Waals surface area (Å²) in [5.41, 5.74) is 3.04. The quantitative estimate of drug-likeness (QED) is 0.446. The molecule has 1 unspecified atom stereocenters. The number of methoxy groups -OCH3 is 1. The Balaban J connectivity index is 2.55. The molecular weight excluding hydrogens is 471 g/mol. The Morgan fingerprint density at radius 3 is 2.35 bits per heavy atom. The number of hydrogen-bond donors (Lipinski definition) is 0. The number of ether oxygens (including phenoxy) is 1. The van der Waals surface area contributed by atoms with Gasteiger partial charge in [0.2, 0.25) is 0 Å². The van der Waals surface area contributed by atoms with Gasteiger partial charge in [-0.05, 0) is 48.4 Å². The zero-order valence-electron chi connectivity index (χ0n) is 10.9. The van der Waals surface area contributed by atoms with E-state index in [9.17, 15) is 0 Å². The third kappa shape index (κ3) is 3.41. The van der Waals surface area contributed by atoms with Crippen LogP contribution in [0, 0.1) is 6.92 Å². The maximum absolute atomic E-state index is 6.67. The van der Waals surface area contributed by atoms with E-state index < -0.39 is 0 Å². The van der Waals surface area contributed by atoms with Crippen molar-refractivity contribution in [2.75, 3.05) is 7.11 Å². The average Bonchev–Trinajstić information content (AvgIpc) is 2.43. The molecule has 0 amide bonds. The lowest BCUT2D eigenvalue weighted by Crippen LogP contribution is -1.99. The van der Waals surface area contributed by atoms with Gasteiger partial charge < -0.3 is 4.74 Å². The zero-order chi connectivity index (χ0) is 14.9. The van der Waals surface area contributed by atoms with Crippen LogP contribution in [0.2, 0.25) is 0 Å². The number of aryl methyl sites for hydroxylation is 1. The predicted molar refractivity (Wildman–Crippen MR) is 95.0 cm³/mol. The summed E-state index contributed by atoms with van der Waals surface area (Å²) < 4.78 is 8.44. The summed E-state index contributed by atoms with van der Waals surface area (Å²) in [4.78, 5) is 0. The smallest absolute Gasteiger partial charge is 0.124 e. The van der Waals surface area contributed by atoms with E-state index in [0.717, 1.165) is 35.9 Å². The lowest BCUT2D eigenvalue weighted by atomic mass is 10.0. The van der Waals surface area contributed by atoms with E-state index in [2.05, 4.69) is 47.8 Å². The van der Waals surface area contributed by atoms with Crippen molar-refractivity contribution in [3.63, 3.8) is 0 Å². The van der Waals surface area contributed by atoms with Gasteiger partial charge in [0, 0.05) is 19.0 Å². The van der Waals surface area contributed by atoms with Gasteiger partial charge in [-0.3, -0.25) is 0 Å². The van der Waals surface area contributed by atoms with E-state index in [1.54, 1.807) is 7.11 Å². The van der Waals surface area contributed by atoms with Crippen LogP contribution in [0.4, 0.5) is 0 Å². The van der Waals surface area contributed by atoms with Gasteiger partial charge in [-0.15, -0.1) is 11.6 Å². The summed E-state index contributed by atoms with van der Waals surface area (Å²) in [6.07, 6.45) is 0. The van der Waals surface area contributed by atoms with Crippen molar-refractivity contribution in [2.24, 2.45) is 0 Å². The Hall–Kier alpha value is -0.0300. The van der Waals surface area contributed by atoms with Crippen LogP contribution in [0.25, 0.3) is 0 Å². The third-order valence-electron chi connectivity index (χ3n) is 3.02. The van der Waals surface area contributed by atoms with Crippen molar-refractivity contribution in [1.29, 1.82) is 0 Å². The highest BCUT2D eigenvalue weighted by atomic mass is 79.9. The first-order chi connectivity index (χ1) is 9.43. The molecule has 2 rings (SSSR count). The van der Waals surface area contributed by atoms with Gasteiger partial charge in [-0.1, -0.05) is 47.8 Å². The highest BCUT2D eigenvalue weighted by molar-refractivity contribution is 9.11. The lowest BCUT2D eigenvalue weighted by molar-refractivity contribution is 0.409. The molecule has 0 saturated carbocycles. The summed E-state index contributed by atoms with van der Waals surface area (Å²) in [5, 5.41) is -0.297. The molecule has 0 spiro atoms. The van der Waals surface area contributed by atoms with E-state index in [4.69, 9.17) is 16.3 Å². The molecule has 2 aromatic carbocycles. The van der Waals surface area contributed by atoms with Crippen LogP contribution in [0.1, 0.15) is 22.1 Å². The van der Waals surface area contributed by atoms with Crippen molar-refractivity contribution in [2.45, 2.75) is 12.3 Å². The molecule has 1 nitrogen and oxygen atoms in total. The number of hydrogen-bond acceptors (Lipinski definition) is 1. The van der Waals surface area contributed by atoms with E-state index in [-0.39, 0.29) is 5.38 Å². The first-order valence-corrected chi connectivity index (χ1v) is 8.68. The van der Waals surface area contributed by atoms with Gasteiger partial charge in [-0.2, -0.15) is 0 Å². The molecule has 0 saturated heterocycles. The highest BCUT2D eigenvalue weighted by Crippen LogP contribution is 2.41. The molecule has 20 heavy (non-hydrogen) atoms. The van der Waals surface area contributed by atoms with Crippen LogP contribution >= 0.6 is 59.4 Å². The van der Waals surface area contributed by atoms with E-state index in [1.165, 1.54) is 0 Å². The number of halogens is 4. The molecule has 2 aromatic rings. The van der Waals surface area contributed by atoms with Crippen molar-refractivity contribution in [3.05, 3.63) is 60.4 Å². The summed E-state index contributed by atoms with van der Waals surface area (Å²) in [5.74, 6) is 0.789. The van der Waals surface area contributed by atoms with Crippen LogP contribution in [0.5, 0.6) is 5.75 Å². The minimum absolute atomic E-state index is 0.297. The monoisotopic (exact) mass is 480 g/mol. The number of rotatable bonds is 3. The van der Waals surface area contributed by atoms with Crippen molar-refractivity contribution in [1.82, 2.24) is 0 Å². The fourth-order valence-corrected chi connectivity index (χ4v) is 3.62. The third-order valence-corrected chi connectivity index (χ3v) is 5.56. The van der Waals surface area contributed by atoms with Crippen LogP contribution in [-0.4, -0.2) is 7.11 Å². The molecule has 106 valence electrons. The first kappa shape index (κ1) is 16.3. The fraction of sp³-hybridized carbons (Fsp3) is 0.200. The summed E-state index contributed by atoms with van der Waals surface area (Å²) in [6.45, 7) is 2.02. The molecule has 5 heteroatoms. The minimum atomic E-state index is -0.297. The predicted octanol–water partition coefficient (Wildman–Crippen LogP) is 6.62. The zero-order valence-corrected chi connectivity index (χ0v) is 16.4. The Labute approximate surface area is 149 Å². The number of benzene rings is 2. The molecule has 0 heterocycles. The minimum Gasteiger partial charge on any atom is -0.496 e. The highest BCUT2D eigenvalue weighted by Gasteiger charge is 2.19. The van der Waals surface area contributed by atoms with Crippen molar-refractivity contribution < 1.29 is 4.74 Å². The van der Waals surface area contributed by atoms with Gasteiger partial charge in [0.25, 0.3) is 0 Å². The second kappa shape index (κ2) is 6.82. The molecular formula is C15H12Br3ClO. The second-order valence-corrected chi connectivity index (χ2v) is 7.43. The molecule has 0 bridgehead atoms. The summed E-state index contributed by atoms with van der Waals surface area (Å²) in [7, 11) is 1.66. The van der Waals surface area contributed by atoms with Gasteiger partial charge >= 0.3 is 0 Å². The van der Waals surface area contributed by atoms with Gasteiger partial charge in [0.1, 0.15) is 5.75 Å². The maximum atomic E-state index is 6.67. The van der Waals surface area contributed by atoms with Crippen LogP contribution in [0.15, 0.2) is 43.7 Å². The Kier molecular flexibility index (Phi) is 5.57. The lowest BCUT2D eigenvalue weighted by Gasteiger charge is -2.17. The average molecular weight is 483 g/mol. The Bertz CT molecular complexity index is 643. The van der Waals surface area contributed by atoms with E-state index in [1.807, 2.05) is 37.3 Å². The largest absolute Gasteiger partial charge is 0.496 e. The maximum Gasteiger partial charge on any atom is 0.124 e. The van der Waals surface area contributed by atoms with Crippen molar-refractivity contribution >= 4 is 59.4 Å². The normalized spacial score (nSPS) is 12.3. The van der Waals surface area contributed by atoms with Gasteiger partial charge in [-0.25, -0.2) is 0 Å². The first-order valence-electron chi connectivity index (χ1n) is 5.87. The van der Waals surface area contributed by atoms with Crippen LogP contribution in [-0.2, 0) is 0 Å². The molecule has 0 aliphatic heterocycles. The number of alkyl halides is 1. The van der Waals surface area contributed by atoms with E-state index in [0.29, 0.717) is 0 Å². The fourth-order valence-electron chi connectivity index (χ4n) is 1.92. The van der Waals surface area contributed by atoms with E-state index >= 15 is 0 Å². The SMILES string of the molecule is COc1cc(C)c(Br)cc1C(Cl)c1cc(Br)ccc1Br. The summed E-state index contributed by atoms with van der Waals surface area (Å²) >= 11 is 17.2. The van der Waals surface area contributed by atoms with Crippen LogP contribution < -0.4 is 4.74 Å². The van der Waals surface area contributed by atoms with Gasteiger partial charge in [0.15, 0.2) is 0 Å². The summed E-state index contributed by atoms with van der Waals surface area (Å²) in [6, 6.07) is 9.96. The molecule has 0 radical (unpaired) electrons. The molecule has 0 fully saturated rings. The van der Waals surface area contributed by atoms with Gasteiger partial charge in [0.05, 0.1) is 12.5 Å². The Morgan fingerprint density at radius 2 is 1.70 bits per heavy atom. The Morgan fingerprint density at radius 1 is 1.00 bits per heavy atom.